The first-order chi connectivity index (χ1) is 13.7. The largest absolute Gasteiger partial charge is 0.457 e. The van der Waals surface area contributed by atoms with Crippen molar-refractivity contribution in [2.24, 2.45) is 33.5 Å². The highest BCUT2D eigenvalue weighted by Crippen LogP contribution is 2.66. The Kier molecular flexibility index (Phi) is 5.22. The minimum Gasteiger partial charge on any atom is -0.457 e. The van der Waals surface area contributed by atoms with Crippen molar-refractivity contribution >= 4 is 5.97 Å². The molecular weight excluding hydrogens is 374 g/mol. The van der Waals surface area contributed by atoms with Gasteiger partial charge in [-0.1, -0.05) is 41.5 Å². The van der Waals surface area contributed by atoms with Crippen molar-refractivity contribution < 1.29 is 18.8 Å². The third-order valence-electron chi connectivity index (χ3n) is 10.7. The Bertz CT molecular complexity index is 694. The molecule has 4 heteroatoms. The van der Waals surface area contributed by atoms with Crippen LogP contribution in [0, 0.1) is 33.5 Å². The number of carbonyl (C=O) groups is 1. The van der Waals surface area contributed by atoms with Crippen LogP contribution in [0.3, 0.4) is 0 Å². The number of carbonyl (C=O) groups excluding carboxylic acids is 1. The quantitative estimate of drug-likeness (QED) is 0.427. The molecule has 4 bridgehead atoms. The number of quaternary nitrogens is 1. The van der Waals surface area contributed by atoms with Gasteiger partial charge in [0.2, 0.25) is 0 Å². The van der Waals surface area contributed by atoms with Gasteiger partial charge in [0, 0.05) is 10.8 Å². The number of likely N-dealkylation sites (N-methyl/N-ethyl adjacent to an activating group) is 1. The molecule has 0 aliphatic heterocycles. The van der Waals surface area contributed by atoms with E-state index in [0.29, 0.717) is 33.9 Å². The lowest BCUT2D eigenvalue weighted by atomic mass is 9.70. The fraction of sp³-hybridized carbons (Fsp3) is 0.962. The van der Waals surface area contributed by atoms with E-state index in [4.69, 9.17) is 9.47 Å². The standard InChI is InChI=1S/C26H46NO3/c1-23(2)19-9-11-25(5,16-19)22(23)30-21(28)17-27(7,8)13-14-29-20-15-18-10-12-26(20,6)24(18,3)4/h18-20,22H,9-17H2,1-8H3/q+1/t18-,19+,20+,22-,25-,26-/m1/s1. The van der Waals surface area contributed by atoms with E-state index < -0.39 is 0 Å². The molecule has 0 heterocycles. The van der Waals surface area contributed by atoms with Crippen molar-refractivity contribution in [3.63, 3.8) is 0 Å². The molecule has 4 aliphatic rings. The highest BCUT2D eigenvalue weighted by atomic mass is 16.5. The van der Waals surface area contributed by atoms with Crippen molar-refractivity contribution in [1.82, 2.24) is 0 Å². The Balaban J connectivity index is 1.27. The van der Waals surface area contributed by atoms with Gasteiger partial charge < -0.3 is 14.0 Å². The molecule has 0 aromatic carbocycles. The van der Waals surface area contributed by atoms with Gasteiger partial charge >= 0.3 is 5.97 Å². The van der Waals surface area contributed by atoms with E-state index in [1.54, 1.807) is 0 Å². The minimum absolute atomic E-state index is 0.0418. The number of esters is 1. The molecule has 4 saturated carbocycles. The molecule has 0 amide bonds. The van der Waals surface area contributed by atoms with Gasteiger partial charge in [-0.25, -0.2) is 4.79 Å². The van der Waals surface area contributed by atoms with E-state index in [9.17, 15) is 4.79 Å². The minimum atomic E-state index is -0.0418. The maximum atomic E-state index is 12.9. The zero-order chi connectivity index (χ0) is 22.2. The number of nitrogens with zero attached hydrogens (tertiary/aromatic N) is 1. The van der Waals surface area contributed by atoms with Crippen molar-refractivity contribution in [1.29, 1.82) is 0 Å². The lowest BCUT2D eigenvalue weighted by molar-refractivity contribution is -0.883. The van der Waals surface area contributed by atoms with Crippen molar-refractivity contribution in [3.05, 3.63) is 0 Å². The molecule has 30 heavy (non-hydrogen) atoms. The molecule has 4 rings (SSSR count). The molecule has 0 saturated heterocycles. The Morgan fingerprint density at radius 3 is 2.20 bits per heavy atom. The van der Waals surface area contributed by atoms with Crippen molar-refractivity contribution in [3.8, 4) is 0 Å². The highest BCUT2D eigenvalue weighted by Gasteiger charge is 2.62. The first-order valence-electron chi connectivity index (χ1n) is 12.3. The molecule has 4 aliphatic carbocycles. The lowest BCUT2D eigenvalue weighted by Crippen LogP contribution is -2.50. The van der Waals surface area contributed by atoms with Crippen LogP contribution < -0.4 is 0 Å². The SMILES string of the molecule is CC1(C)[C@H]2CC[C@](C)(C2)[C@@H]1OC(=O)C[N+](C)(C)CCO[C@H]1C[C@H]2CC[C@@]1(C)C2(C)C. The van der Waals surface area contributed by atoms with Gasteiger partial charge in [0.05, 0.1) is 26.8 Å². The van der Waals surface area contributed by atoms with Crippen molar-refractivity contribution in [2.75, 3.05) is 33.8 Å². The third-order valence-corrected chi connectivity index (χ3v) is 10.7. The Morgan fingerprint density at radius 2 is 1.67 bits per heavy atom. The molecule has 6 atom stereocenters. The average molecular weight is 421 g/mol. The zero-order valence-electron chi connectivity index (χ0n) is 20.8. The van der Waals surface area contributed by atoms with Gasteiger partial charge in [-0.2, -0.15) is 0 Å². The summed E-state index contributed by atoms with van der Waals surface area (Å²) in [5, 5.41) is 0. The van der Waals surface area contributed by atoms with Gasteiger partial charge in [-0.15, -0.1) is 0 Å². The molecule has 0 aromatic rings. The van der Waals surface area contributed by atoms with Crippen LogP contribution in [0.5, 0.6) is 0 Å². The summed E-state index contributed by atoms with van der Waals surface area (Å²) in [6.07, 6.45) is 7.97. The number of hydrogen-bond donors (Lipinski definition) is 0. The smallest absolute Gasteiger partial charge is 0.362 e. The Morgan fingerprint density at radius 1 is 1.00 bits per heavy atom. The van der Waals surface area contributed by atoms with Gasteiger partial charge in [-0.05, 0) is 61.2 Å². The van der Waals surface area contributed by atoms with Crippen LogP contribution in [0.1, 0.15) is 80.1 Å². The van der Waals surface area contributed by atoms with E-state index in [-0.39, 0.29) is 22.9 Å². The third kappa shape index (κ3) is 3.36. The predicted molar refractivity (Wildman–Crippen MR) is 120 cm³/mol. The fourth-order valence-corrected chi connectivity index (χ4v) is 7.97. The number of rotatable bonds is 7. The van der Waals surface area contributed by atoms with E-state index in [1.807, 2.05) is 0 Å². The van der Waals surface area contributed by atoms with Crippen LogP contribution in [-0.4, -0.2) is 56.5 Å². The van der Waals surface area contributed by atoms with Crippen molar-refractivity contribution in [2.45, 2.75) is 92.3 Å². The summed E-state index contributed by atoms with van der Waals surface area (Å²) in [5.74, 6) is 1.46. The fourth-order valence-electron chi connectivity index (χ4n) is 7.97. The van der Waals surface area contributed by atoms with Gasteiger partial charge in [-0.3, -0.25) is 0 Å². The lowest BCUT2D eigenvalue weighted by Gasteiger charge is -2.42. The molecular formula is C26H46NO3+. The molecule has 172 valence electrons. The van der Waals surface area contributed by atoms with Crippen LogP contribution in [0.25, 0.3) is 0 Å². The molecule has 4 nitrogen and oxygen atoms in total. The molecule has 0 N–H and O–H groups in total. The summed E-state index contributed by atoms with van der Waals surface area (Å²) in [7, 11) is 4.26. The topological polar surface area (TPSA) is 35.5 Å². The summed E-state index contributed by atoms with van der Waals surface area (Å²) in [4.78, 5) is 12.9. The number of ether oxygens (including phenoxy) is 2. The Hall–Kier alpha value is -0.610. The second-order valence-electron chi connectivity index (χ2n) is 13.6. The number of hydrogen-bond acceptors (Lipinski definition) is 3. The second kappa shape index (κ2) is 6.94. The van der Waals surface area contributed by atoms with Crippen LogP contribution in [0.4, 0.5) is 0 Å². The summed E-state index contributed by atoms with van der Waals surface area (Å²) in [5.41, 5.74) is 0.965. The zero-order valence-corrected chi connectivity index (χ0v) is 20.8. The van der Waals surface area contributed by atoms with Crippen LogP contribution in [0.15, 0.2) is 0 Å². The predicted octanol–water partition coefficient (Wildman–Crippen LogP) is 5.05. The molecule has 0 aromatic heterocycles. The summed E-state index contributed by atoms with van der Waals surface area (Å²) < 4.78 is 13.2. The van der Waals surface area contributed by atoms with E-state index in [1.165, 1.54) is 38.5 Å². The maximum absolute atomic E-state index is 12.9. The Labute approximate surface area is 184 Å². The average Bonchev–Trinajstić information content (AvgIpc) is 3.22. The van der Waals surface area contributed by atoms with Gasteiger partial charge in [0.15, 0.2) is 6.54 Å². The first-order valence-corrected chi connectivity index (χ1v) is 12.3. The monoisotopic (exact) mass is 420 g/mol. The summed E-state index contributed by atoms with van der Waals surface area (Å²) >= 11 is 0. The molecule has 0 spiro atoms. The van der Waals surface area contributed by atoms with Gasteiger partial charge in [0.1, 0.15) is 12.6 Å². The van der Waals surface area contributed by atoms with E-state index >= 15 is 0 Å². The second-order valence-corrected chi connectivity index (χ2v) is 13.6. The summed E-state index contributed by atoms with van der Waals surface area (Å²) in [6.45, 7) is 16.2. The molecule has 0 unspecified atom stereocenters. The first kappa shape index (κ1) is 22.6. The van der Waals surface area contributed by atoms with Crippen LogP contribution in [0.2, 0.25) is 0 Å². The molecule has 4 fully saturated rings. The number of fused-ring (bicyclic) bond motifs is 4. The normalized spacial score (nSPS) is 43.3. The van der Waals surface area contributed by atoms with E-state index in [0.717, 1.165) is 19.1 Å². The van der Waals surface area contributed by atoms with Crippen LogP contribution in [-0.2, 0) is 14.3 Å². The molecule has 0 radical (unpaired) electrons. The highest BCUT2D eigenvalue weighted by molar-refractivity contribution is 5.71. The maximum Gasteiger partial charge on any atom is 0.362 e. The van der Waals surface area contributed by atoms with E-state index in [2.05, 4.69) is 55.6 Å². The van der Waals surface area contributed by atoms with Gasteiger partial charge in [0.25, 0.3) is 0 Å². The summed E-state index contributed by atoms with van der Waals surface area (Å²) in [6, 6.07) is 0. The van der Waals surface area contributed by atoms with Crippen LogP contribution >= 0.6 is 0 Å².